The number of anilines is 1. The van der Waals surface area contributed by atoms with Crippen molar-refractivity contribution in [2.24, 2.45) is 5.10 Å². The number of methoxy groups -OCH3 is 1. The fourth-order valence-corrected chi connectivity index (χ4v) is 2.16. The van der Waals surface area contributed by atoms with Gasteiger partial charge in [0.2, 0.25) is 5.13 Å². The van der Waals surface area contributed by atoms with Crippen LogP contribution in [-0.4, -0.2) is 24.3 Å². The average molecular weight is 310 g/mol. The molecule has 7 heteroatoms. The van der Waals surface area contributed by atoms with E-state index in [0.717, 1.165) is 5.56 Å². The first-order valence-corrected chi connectivity index (χ1v) is 6.99. The van der Waals surface area contributed by atoms with Crippen molar-refractivity contribution in [1.29, 1.82) is 0 Å². The third kappa shape index (κ3) is 4.32. The Morgan fingerprint density at radius 1 is 1.50 bits per heavy atom. The van der Waals surface area contributed by atoms with E-state index in [0.29, 0.717) is 15.8 Å². The van der Waals surface area contributed by atoms with E-state index in [1.807, 2.05) is 12.1 Å². The van der Waals surface area contributed by atoms with Crippen LogP contribution in [0.5, 0.6) is 0 Å². The largest absolute Gasteiger partial charge is 0.469 e. The monoisotopic (exact) mass is 309 g/mol. The van der Waals surface area contributed by atoms with Crippen LogP contribution in [0.15, 0.2) is 34.7 Å². The van der Waals surface area contributed by atoms with E-state index in [1.54, 1.807) is 23.7 Å². The van der Waals surface area contributed by atoms with Gasteiger partial charge in [-0.3, -0.25) is 10.2 Å². The highest BCUT2D eigenvalue weighted by molar-refractivity contribution is 7.13. The second-order valence-electron chi connectivity index (χ2n) is 3.82. The number of thiazole rings is 1. The van der Waals surface area contributed by atoms with Gasteiger partial charge >= 0.3 is 5.97 Å². The molecule has 0 saturated carbocycles. The molecular formula is C13H12ClN3O2S. The van der Waals surface area contributed by atoms with Gasteiger partial charge in [-0.25, -0.2) is 4.98 Å². The number of rotatable bonds is 5. The van der Waals surface area contributed by atoms with Crippen LogP contribution in [0.1, 0.15) is 11.3 Å². The predicted octanol–water partition coefficient (Wildman–Crippen LogP) is 2.96. The summed E-state index contributed by atoms with van der Waals surface area (Å²) in [7, 11) is 1.35. The third-order valence-electron chi connectivity index (χ3n) is 2.35. The van der Waals surface area contributed by atoms with Gasteiger partial charge in [0.05, 0.1) is 25.4 Å². The van der Waals surface area contributed by atoms with Crippen LogP contribution in [0.25, 0.3) is 0 Å². The van der Waals surface area contributed by atoms with E-state index in [4.69, 9.17) is 11.6 Å². The summed E-state index contributed by atoms with van der Waals surface area (Å²) in [4.78, 5) is 15.3. The van der Waals surface area contributed by atoms with Crippen LogP contribution in [-0.2, 0) is 16.0 Å². The molecule has 1 heterocycles. The highest BCUT2D eigenvalue weighted by Crippen LogP contribution is 2.16. The highest BCUT2D eigenvalue weighted by Gasteiger charge is 2.06. The normalized spacial score (nSPS) is 10.7. The number of carbonyl (C=O) groups excluding carboxylic acids is 1. The number of aromatic nitrogens is 1. The van der Waals surface area contributed by atoms with Gasteiger partial charge in [-0.1, -0.05) is 23.7 Å². The molecule has 0 fully saturated rings. The molecule has 104 valence electrons. The fraction of sp³-hybridized carbons (Fsp3) is 0.154. The first-order valence-electron chi connectivity index (χ1n) is 5.73. The maximum absolute atomic E-state index is 11.1. The second kappa shape index (κ2) is 7.02. The van der Waals surface area contributed by atoms with Crippen molar-refractivity contribution in [3.63, 3.8) is 0 Å². The summed E-state index contributed by atoms with van der Waals surface area (Å²) in [5, 5.41) is 7.16. The number of carbonyl (C=O) groups is 1. The van der Waals surface area contributed by atoms with Crippen molar-refractivity contribution in [2.75, 3.05) is 12.5 Å². The van der Waals surface area contributed by atoms with Crippen LogP contribution < -0.4 is 5.43 Å². The molecule has 1 aromatic heterocycles. The average Bonchev–Trinajstić information content (AvgIpc) is 2.88. The summed E-state index contributed by atoms with van der Waals surface area (Å²) in [5.74, 6) is -0.313. The van der Waals surface area contributed by atoms with Gasteiger partial charge < -0.3 is 4.74 Å². The first-order chi connectivity index (χ1) is 9.67. The van der Waals surface area contributed by atoms with E-state index in [2.05, 4.69) is 20.2 Å². The van der Waals surface area contributed by atoms with Crippen molar-refractivity contribution in [3.8, 4) is 0 Å². The van der Waals surface area contributed by atoms with Gasteiger partial charge in [0.1, 0.15) is 0 Å². The van der Waals surface area contributed by atoms with Gasteiger partial charge in [-0.15, -0.1) is 11.3 Å². The van der Waals surface area contributed by atoms with Crippen molar-refractivity contribution in [2.45, 2.75) is 6.42 Å². The topological polar surface area (TPSA) is 63.6 Å². The minimum Gasteiger partial charge on any atom is -0.469 e. The lowest BCUT2D eigenvalue weighted by atomic mass is 10.2. The number of benzene rings is 1. The summed E-state index contributed by atoms with van der Waals surface area (Å²) in [6.07, 6.45) is 1.83. The number of hydrogen-bond donors (Lipinski definition) is 1. The minimum absolute atomic E-state index is 0.162. The van der Waals surface area contributed by atoms with Crippen LogP contribution in [0.3, 0.4) is 0 Å². The SMILES string of the molecule is COC(=O)Cc1csc(N/N=C\c2ccc(Cl)cc2)n1. The Bertz CT molecular complexity index is 610. The maximum atomic E-state index is 11.1. The highest BCUT2D eigenvalue weighted by atomic mass is 35.5. The molecule has 0 aliphatic carbocycles. The number of hydrazone groups is 1. The van der Waals surface area contributed by atoms with E-state index in [9.17, 15) is 4.79 Å². The lowest BCUT2D eigenvalue weighted by Crippen LogP contribution is -2.04. The molecule has 0 unspecified atom stereocenters. The Morgan fingerprint density at radius 2 is 2.25 bits per heavy atom. The van der Waals surface area contributed by atoms with Gasteiger partial charge in [-0.05, 0) is 17.7 Å². The molecule has 0 saturated heterocycles. The summed E-state index contributed by atoms with van der Waals surface area (Å²) in [5.41, 5.74) is 4.39. The smallest absolute Gasteiger partial charge is 0.311 e. The molecule has 0 bridgehead atoms. The van der Waals surface area contributed by atoms with E-state index < -0.39 is 0 Å². The maximum Gasteiger partial charge on any atom is 0.311 e. The summed E-state index contributed by atoms with van der Waals surface area (Å²) in [6.45, 7) is 0. The van der Waals surface area contributed by atoms with Crippen molar-refractivity contribution in [1.82, 2.24) is 4.98 Å². The quantitative estimate of drug-likeness (QED) is 0.524. The van der Waals surface area contributed by atoms with Crippen LogP contribution in [0.2, 0.25) is 5.02 Å². The van der Waals surface area contributed by atoms with E-state index >= 15 is 0 Å². The molecule has 0 amide bonds. The summed E-state index contributed by atoms with van der Waals surface area (Å²) < 4.78 is 4.58. The van der Waals surface area contributed by atoms with Gasteiger partial charge in [0.15, 0.2) is 0 Å². The minimum atomic E-state index is -0.313. The Hall–Kier alpha value is -1.92. The van der Waals surface area contributed by atoms with Gasteiger partial charge in [0, 0.05) is 10.4 Å². The van der Waals surface area contributed by atoms with Crippen LogP contribution in [0, 0.1) is 0 Å². The predicted molar refractivity (Wildman–Crippen MR) is 80.5 cm³/mol. The lowest BCUT2D eigenvalue weighted by molar-refractivity contribution is -0.139. The molecule has 20 heavy (non-hydrogen) atoms. The number of ether oxygens (including phenoxy) is 1. The van der Waals surface area contributed by atoms with Crippen molar-refractivity contribution >= 4 is 40.3 Å². The molecule has 0 atom stereocenters. The van der Waals surface area contributed by atoms with Crippen LogP contribution in [0.4, 0.5) is 5.13 Å². The Labute approximate surface area is 125 Å². The zero-order valence-electron chi connectivity index (χ0n) is 10.7. The molecule has 1 N–H and O–H groups in total. The Balaban J connectivity index is 1.90. The van der Waals surface area contributed by atoms with Crippen molar-refractivity contribution < 1.29 is 9.53 Å². The number of hydrogen-bond acceptors (Lipinski definition) is 6. The standard InChI is InChI=1S/C13H12ClN3O2S/c1-19-12(18)6-11-8-20-13(16-11)17-15-7-9-2-4-10(14)5-3-9/h2-5,7-8H,6H2,1H3,(H,16,17)/b15-7-. The molecule has 0 aliphatic rings. The summed E-state index contributed by atoms with van der Waals surface area (Å²) in [6, 6.07) is 7.30. The molecule has 1 aromatic carbocycles. The number of nitrogens with one attached hydrogen (secondary N) is 1. The van der Waals surface area contributed by atoms with Gasteiger partial charge in [-0.2, -0.15) is 5.10 Å². The van der Waals surface area contributed by atoms with Crippen molar-refractivity contribution in [3.05, 3.63) is 45.9 Å². The van der Waals surface area contributed by atoms with Crippen LogP contribution >= 0.6 is 22.9 Å². The zero-order valence-corrected chi connectivity index (χ0v) is 12.2. The lowest BCUT2D eigenvalue weighted by Gasteiger charge is -1.95. The molecule has 2 aromatic rings. The zero-order chi connectivity index (χ0) is 14.4. The van der Waals surface area contributed by atoms with E-state index in [1.165, 1.54) is 18.4 Å². The summed E-state index contributed by atoms with van der Waals surface area (Å²) >= 11 is 7.17. The molecule has 0 spiro atoms. The Kier molecular flexibility index (Phi) is 5.09. The fourth-order valence-electron chi connectivity index (χ4n) is 1.37. The number of halogens is 1. The molecule has 2 rings (SSSR count). The molecule has 0 radical (unpaired) electrons. The second-order valence-corrected chi connectivity index (χ2v) is 5.11. The van der Waals surface area contributed by atoms with E-state index in [-0.39, 0.29) is 12.4 Å². The molecule has 5 nitrogen and oxygen atoms in total. The number of nitrogens with zero attached hydrogens (tertiary/aromatic N) is 2. The van der Waals surface area contributed by atoms with Gasteiger partial charge in [0.25, 0.3) is 0 Å². The Morgan fingerprint density at radius 3 is 2.95 bits per heavy atom. The first kappa shape index (κ1) is 14.5. The third-order valence-corrected chi connectivity index (χ3v) is 3.40. The number of esters is 1. The molecule has 0 aliphatic heterocycles. The molecular weight excluding hydrogens is 298 g/mol.